The largest absolute Gasteiger partial charge is 0.441 e. The summed E-state index contributed by atoms with van der Waals surface area (Å²) in [6.07, 6.45) is 0.760. The Balaban J connectivity index is 1.94. The zero-order valence-electron chi connectivity index (χ0n) is 11.4. The van der Waals surface area contributed by atoms with Crippen LogP contribution in [0.4, 0.5) is 18.9 Å². The van der Waals surface area contributed by atoms with Crippen LogP contribution in [-0.4, -0.2) is 17.8 Å². The Morgan fingerprint density at radius 2 is 1.57 bits per heavy atom. The Kier molecular flexibility index (Phi) is 5.56. The molecule has 2 aromatic rings. The smallest absolute Gasteiger partial charge is 0.384 e. The molecule has 0 heterocycles. The van der Waals surface area contributed by atoms with Crippen molar-refractivity contribution in [3.05, 3.63) is 65.7 Å². The lowest BCUT2D eigenvalue weighted by Crippen LogP contribution is -2.10. The highest BCUT2D eigenvalue weighted by Crippen LogP contribution is 2.29. The average Bonchev–Trinajstić information content (AvgIpc) is 2.45. The molecule has 0 atom stereocenters. The summed E-state index contributed by atoms with van der Waals surface area (Å²) >= 11 is 0.000156. The number of alkyl halides is 3. The summed E-state index contributed by atoms with van der Waals surface area (Å²) in [6.45, 7) is 0.288. The van der Waals surface area contributed by atoms with Gasteiger partial charge in [0, 0.05) is 18.0 Å². The number of hydrogen-bond acceptors (Lipinski definition) is 2. The molecule has 0 saturated carbocycles. The van der Waals surface area contributed by atoms with Crippen LogP contribution in [0.3, 0.4) is 0 Å². The van der Waals surface area contributed by atoms with Crippen molar-refractivity contribution in [3.8, 4) is 0 Å². The molecule has 0 aromatic heterocycles. The molecule has 0 aliphatic rings. The van der Waals surface area contributed by atoms with E-state index < -0.39 is 5.51 Å². The van der Waals surface area contributed by atoms with Gasteiger partial charge in [0.2, 0.25) is 0 Å². The van der Waals surface area contributed by atoms with E-state index in [2.05, 4.69) is 5.32 Å². The zero-order chi connectivity index (χ0) is 15.1. The summed E-state index contributed by atoms with van der Waals surface area (Å²) in [5.41, 5.74) is -1.01. The standard InChI is InChI=1S/C16H16F3NS/c17-16(18,19)21-11-10-20-15-9-5-4-8-14(15)12-13-6-2-1-3-7-13/h1-9,20H,10-12H2. The van der Waals surface area contributed by atoms with E-state index in [9.17, 15) is 13.2 Å². The first-order valence-electron chi connectivity index (χ1n) is 6.61. The van der Waals surface area contributed by atoms with Gasteiger partial charge in [0.05, 0.1) is 0 Å². The summed E-state index contributed by atoms with van der Waals surface area (Å²) in [4.78, 5) is 0. The van der Waals surface area contributed by atoms with Crippen molar-refractivity contribution < 1.29 is 13.2 Å². The summed E-state index contributed by atoms with van der Waals surface area (Å²) in [6, 6.07) is 17.7. The number of rotatable bonds is 6. The summed E-state index contributed by atoms with van der Waals surface area (Å²) in [5.74, 6) is 0.00315. The molecule has 2 rings (SSSR count). The van der Waals surface area contributed by atoms with Crippen molar-refractivity contribution in [2.75, 3.05) is 17.6 Å². The Bertz CT molecular complexity index is 555. The molecule has 0 spiro atoms. The first-order valence-corrected chi connectivity index (χ1v) is 7.59. The Labute approximate surface area is 126 Å². The van der Waals surface area contributed by atoms with Gasteiger partial charge >= 0.3 is 5.51 Å². The molecule has 1 N–H and O–H groups in total. The lowest BCUT2D eigenvalue weighted by molar-refractivity contribution is -0.0327. The second-order valence-electron chi connectivity index (χ2n) is 4.54. The summed E-state index contributed by atoms with van der Waals surface area (Å²) in [7, 11) is 0. The van der Waals surface area contributed by atoms with Gasteiger partial charge in [-0.05, 0) is 35.4 Å². The van der Waals surface area contributed by atoms with Crippen LogP contribution in [0.2, 0.25) is 0 Å². The molecule has 5 heteroatoms. The molecule has 112 valence electrons. The molecule has 0 fully saturated rings. The predicted octanol–water partition coefficient (Wildman–Crippen LogP) is 4.94. The fraction of sp³-hybridized carbons (Fsp3) is 0.250. The molecular formula is C16H16F3NS. The highest BCUT2D eigenvalue weighted by Gasteiger charge is 2.27. The lowest BCUT2D eigenvalue weighted by atomic mass is 10.0. The molecule has 0 aliphatic carbocycles. The maximum absolute atomic E-state index is 12.1. The van der Waals surface area contributed by atoms with Gasteiger partial charge in [0.25, 0.3) is 0 Å². The molecule has 0 radical (unpaired) electrons. The quantitative estimate of drug-likeness (QED) is 0.758. The highest BCUT2D eigenvalue weighted by molar-refractivity contribution is 8.00. The van der Waals surface area contributed by atoms with E-state index in [1.807, 2.05) is 54.6 Å². The fourth-order valence-corrected chi connectivity index (χ4v) is 2.45. The number of nitrogens with one attached hydrogen (secondary N) is 1. The Morgan fingerprint density at radius 1 is 0.905 bits per heavy atom. The first kappa shape index (κ1) is 15.8. The van der Waals surface area contributed by atoms with Crippen LogP contribution < -0.4 is 5.32 Å². The molecule has 21 heavy (non-hydrogen) atoms. The third-order valence-electron chi connectivity index (χ3n) is 2.94. The molecule has 0 amide bonds. The second kappa shape index (κ2) is 7.41. The van der Waals surface area contributed by atoms with Gasteiger partial charge in [-0.3, -0.25) is 0 Å². The fourth-order valence-electron chi connectivity index (χ4n) is 2.02. The van der Waals surface area contributed by atoms with Crippen molar-refractivity contribution in [1.82, 2.24) is 0 Å². The SMILES string of the molecule is FC(F)(F)SCCNc1ccccc1Cc1ccccc1. The van der Waals surface area contributed by atoms with Crippen molar-refractivity contribution in [2.24, 2.45) is 0 Å². The van der Waals surface area contributed by atoms with Gasteiger partial charge in [0.1, 0.15) is 0 Å². The molecular weight excluding hydrogens is 295 g/mol. The maximum atomic E-state index is 12.1. The van der Waals surface area contributed by atoms with Gasteiger partial charge in [0.15, 0.2) is 0 Å². The number of hydrogen-bond donors (Lipinski definition) is 1. The van der Waals surface area contributed by atoms with Crippen molar-refractivity contribution in [2.45, 2.75) is 11.9 Å². The third-order valence-corrected chi connectivity index (χ3v) is 3.67. The van der Waals surface area contributed by atoms with E-state index in [1.165, 1.54) is 5.56 Å². The van der Waals surface area contributed by atoms with Gasteiger partial charge in [-0.15, -0.1) is 0 Å². The second-order valence-corrected chi connectivity index (χ2v) is 5.70. The van der Waals surface area contributed by atoms with Crippen molar-refractivity contribution >= 4 is 17.4 Å². The highest BCUT2D eigenvalue weighted by atomic mass is 32.2. The average molecular weight is 311 g/mol. The monoisotopic (exact) mass is 311 g/mol. The Hall–Kier alpha value is -1.62. The van der Waals surface area contributed by atoms with Crippen LogP contribution in [0.25, 0.3) is 0 Å². The zero-order valence-corrected chi connectivity index (χ0v) is 12.2. The number of anilines is 1. The van der Waals surface area contributed by atoms with Crippen LogP contribution in [0, 0.1) is 0 Å². The van der Waals surface area contributed by atoms with Crippen molar-refractivity contribution in [1.29, 1.82) is 0 Å². The summed E-state index contributed by atoms with van der Waals surface area (Å²) < 4.78 is 36.3. The van der Waals surface area contributed by atoms with Crippen LogP contribution in [-0.2, 0) is 6.42 Å². The first-order chi connectivity index (χ1) is 10.0. The van der Waals surface area contributed by atoms with E-state index in [1.54, 1.807) is 0 Å². The Morgan fingerprint density at radius 3 is 2.29 bits per heavy atom. The normalized spacial score (nSPS) is 11.4. The van der Waals surface area contributed by atoms with Gasteiger partial charge in [-0.25, -0.2) is 0 Å². The minimum absolute atomic E-state index is 0.000156. The molecule has 2 aromatic carbocycles. The van der Waals surface area contributed by atoms with E-state index in [4.69, 9.17) is 0 Å². The van der Waals surface area contributed by atoms with Crippen molar-refractivity contribution in [3.63, 3.8) is 0 Å². The molecule has 1 nitrogen and oxygen atoms in total. The minimum atomic E-state index is -4.16. The van der Waals surface area contributed by atoms with E-state index in [0.29, 0.717) is 0 Å². The number of thioether (sulfide) groups is 1. The summed E-state index contributed by atoms with van der Waals surface area (Å²) in [5, 5.41) is 3.09. The number of halogens is 3. The topological polar surface area (TPSA) is 12.0 Å². The van der Waals surface area contributed by atoms with E-state index in [0.717, 1.165) is 17.7 Å². The number of para-hydroxylation sites is 1. The lowest BCUT2D eigenvalue weighted by Gasteiger charge is -2.12. The predicted molar refractivity (Wildman–Crippen MR) is 82.7 cm³/mol. The maximum Gasteiger partial charge on any atom is 0.441 e. The molecule has 0 unspecified atom stereocenters. The van der Waals surface area contributed by atoms with Gasteiger partial charge in [-0.2, -0.15) is 13.2 Å². The van der Waals surface area contributed by atoms with E-state index >= 15 is 0 Å². The minimum Gasteiger partial charge on any atom is -0.384 e. The van der Waals surface area contributed by atoms with Crippen LogP contribution >= 0.6 is 11.8 Å². The van der Waals surface area contributed by atoms with Gasteiger partial charge in [-0.1, -0.05) is 48.5 Å². The molecule has 0 bridgehead atoms. The van der Waals surface area contributed by atoms with Crippen LogP contribution in [0.1, 0.15) is 11.1 Å². The van der Waals surface area contributed by atoms with Crippen LogP contribution in [0.5, 0.6) is 0 Å². The number of benzene rings is 2. The molecule has 0 saturated heterocycles. The van der Waals surface area contributed by atoms with E-state index in [-0.39, 0.29) is 24.1 Å². The van der Waals surface area contributed by atoms with Gasteiger partial charge < -0.3 is 5.32 Å². The third kappa shape index (κ3) is 5.71. The molecule has 0 aliphatic heterocycles. The van der Waals surface area contributed by atoms with Crippen LogP contribution in [0.15, 0.2) is 54.6 Å².